The van der Waals surface area contributed by atoms with Crippen LogP contribution in [0.15, 0.2) is 162 Å². The normalized spacial score (nSPS) is 12.0. The molecule has 0 N–H and O–H groups in total. The molecule has 11 aromatic rings. The summed E-state index contributed by atoms with van der Waals surface area (Å²) in [6.07, 6.45) is 0. The fraction of sp³-hybridized carbons (Fsp3) is 0. The van der Waals surface area contributed by atoms with E-state index in [0.29, 0.717) is 43.1 Å². The maximum atomic E-state index is 15.7. The summed E-state index contributed by atoms with van der Waals surface area (Å²) in [7, 11) is 0. The minimum absolute atomic E-state index is 0.0159. The third-order valence-corrected chi connectivity index (χ3v) is 12.1. The molecule has 0 heterocycles. The van der Waals surface area contributed by atoms with E-state index in [0.717, 1.165) is 0 Å². The zero-order valence-corrected chi connectivity index (χ0v) is 31.4. The summed E-state index contributed by atoms with van der Waals surface area (Å²) in [6, 6.07) is 36.9. The van der Waals surface area contributed by atoms with Gasteiger partial charge in [0, 0.05) is 85.5 Å². The molecule has 0 saturated heterocycles. The van der Waals surface area contributed by atoms with Gasteiger partial charge in [-0.05, 0) is 81.6 Å². The topological polar surface area (TPSA) is 102 Å². The Labute approximate surface area is 335 Å². The number of halogens is 2. The molecule has 0 aliphatic rings. The van der Waals surface area contributed by atoms with Gasteiger partial charge in [-0.3, -0.25) is 28.8 Å². The molecule has 0 aromatic heterocycles. The first-order chi connectivity index (χ1) is 28.1. The molecule has 58 heavy (non-hydrogen) atoms. The number of benzene rings is 11. The molecular weight excluding hydrogens is 767 g/mol. The second kappa shape index (κ2) is 12.2. The lowest BCUT2D eigenvalue weighted by atomic mass is 9.85. The summed E-state index contributed by atoms with van der Waals surface area (Å²) in [5.41, 5.74) is -0.430. The Morgan fingerprint density at radius 1 is 0.259 bits per heavy atom. The number of hydrogen-bond donors (Lipinski definition) is 0. The van der Waals surface area contributed by atoms with Gasteiger partial charge in [0.05, 0.1) is 0 Å². The van der Waals surface area contributed by atoms with Gasteiger partial charge in [-0.25, -0.2) is 0 Å². The van der Waals surface area contributed by atoms with Gasteiger partial charge in [-0.1, -0.05) is 108 Å². The second-order valence-corrected chi connectivity index (χ2v) is 15.5. The number of rotatable bonds is 2. The minimum atomic E-state index is -0.620. The average Bonchev–Trinajstić information content (AvgIpc) is 3.25. The van der Waals surface area contributed by atoms with E-state index in [1.54, 1.807) is 133 Å². The molecule has 0 amide bonds. The summed E-state index contributed by atoms with van der Waals surface area (Å²) >= 11 is 12.6. The number of fused-ring (bicyclic) bond motifs is 12. The van der Waals surface area contributed by atoms with Crippen LogP contribution in [0.1, 0.15) is 0 Å². The third kappa shape index (κ3) is 4.55. The Kier molecular flexibility index (Phi) is 7.18. The molecule has 0 saturated carbocycles. The maximum absolute atomic E-state index is 15.7. The van der Waals surface area contributed by atoms with Gasteiger partial charge in [-0.2, -0.15) is 0 Å². The summed E-state index contributed by atoms with van der Waals surface area (Å²) in [6.45, 7) is 0. The Hall–Kier alpha value is -7.12. The van der Waals surface area contributed by atoms with Crippen molar-refractivity contribution in [2.75, 3.05) is 0 Å². The lowest BCUT2D eigenvalue weighted by Gasteiger charge is -2.16. The van der Waals surface area contributed by atoms with E-state index in [1.807, 2.05) is 0 Å². The van der Waals surface area contributed by atoms with Crippen LogP contribution in [0, 0.1) is 0 Å². The van der Waals surface area contributed by atoms with Crippen molar-refractivity contribution in [3.05, 3.63) is 205 Å². The van der Waals surface area contributed by atoms with Crippen LogP contribution in [-0.2, 0) is 0 Å². The van der Waals surface area contributed by atoms with Gasteiger partial charge in [0.1, 0.15) is 0 Å². The summed E-state index contributed by atoms with van der Waals surface area (Å²) in [5, 5.41) is 3.26. The molecule has 0 aliphatic carbocycles. The van der Waals surface area contributed by atoms with E-state index < -0.39 is 21.7 Å². The molecule has 272 valence electrons. The van der Waals surface area contributed by atoms with Crippen molar-refractivity contribution in [1.29, 1.82) is 0 Å². The number of hydrogen-bond acceptors (Lipinski definition) is 6. The van der Waals surface area contributed by atoms with Crippen LogP contribution >= 0.6 is 23.2 Å². The zero-order chi connectivity index (χ0) is 39.7. The van der Waals surface area contributed by atoms with Crippen molar-refractivity contribution < 1.29 is 0 Å². The van der Waals surface area contributed by atoms with Crippen LogP contribution in [-0.4, -0.2) is 0 Å². The molecule has 6 nitrogen and oxygen atoms in total. The van der Waals surface area contributed by atoms with Gasteiger partial charge < -0.3 is 0 Å². The van der Waals surface area contributed by atoms with Crippen molar-refractivity contribution in [2.24, 2.45) is 0 Å². The highest BCUT2D eigenvalue weighted by Gasteiger charge is 2.25. The lowest BCUT2D eigenvalue weighted by molar-refractivity contribution is 1.63. The summed E-state index contributed by atoms with van der Waals surface area (Å²) < 4.78 is 0. The van der Waals surface area contributed by atoms with Gasteiger partial charge in [0.25, 0.3) is 0 Å². The van der Waals surface area contributed by atoms with Crippen molar-refractivity contribution >= 4 is 109 Å². The van der Waals surface area contributed by atoms with Crippen LogP contribution in [0.2, 0.25) is 10.0 Å². The Balaban J connectivity index is 1.47. The quantitative estimate of drug-likeness (QED) is 0.128. The van der Waals surface area contributed by atoms with Crippen LogP contribution in [0.5, 0.6) is 0 Å². The van der Waals surface area contributed by atoms with Crippen LogP contribution in [0.25, 0.3) is 108 Å². The lowest BCUT2D eigenvalue weighted by Crippen LogP contribution is -2.18. The highest BCUT2D eigenvalue weighted by molar-refractivity contribution is 6.32. The third-order valence-electron chi connectivity index (χ3n) is 11.6. The van der Waals surface area contributed by atoms with E-state index in [4.69, 9.17) is 23.2 Å². The predicted molar refractivity (Wildman–Crippen MR) is 239 cm³/mol. The van der Waals surface area contributed by atoms with Gasteiger partial charge in [0.2, 0.25) is 0 Å². The highest BCUT2D eigenvalue weighted by atomic mass is 35.5. The van der Waals surface area contributed by atoms with Gasteiger partial charge in [-0.15, -0.1) is 0 Å². The predicted octanol–water partition coefficient (Wildman–Crippen LogP) is 10.0. The molecule has 8 heteroatoms. The summed E-state index contributed by atoms with van der Waals surface area (Å²) in [5.74, 6) is 0. The summed E-state index contributed by atoms with van der Waals surface area (Å²) in [4.78, 5) is 88.6. The monoisotopic (exact) mass is 788 g/mol. The zero-order valence-electron chi connectivity index (χ0n) is 29.9. The smallest absolute Gasteiger partial charge is 0.195 e. The molecule has 0 unspecified atom stereocenters. The molecular formula is C50H22Cl2O6. The van der Waals surface area contributed by atoms with Crippen molar-refractivity contribution in [3.8, 4) is 22.3 Å². The molecule has 11 rings (SSSR count). The molecule has 0 spiro atoms. The SMILES string of the molecule is O=c1c2ccccc2c(=O)c2c1ccc1c(-c3ccc(Cl)cc3)cc3c(=O)c4cc(-c5ccc(Cl)cc5)c5ccc6c(=O)c7ccccc7c(=O)c6c5c4c(=O)c3c12. The first kappa shape index (κ1) is 34.2. The van der Waals surface area contributed by atoms with Crippen LogP contribution in [0.4, 0.5) is 0 Å². The van der Waals surface area contributed by atoms with E-state index in [2.05, 4.69) is 0 Å². The molecule has 0 atom stereocenters. The second-order valence-electron chi connectivity index (χ2n) is 14.6. The van der Waals surface area contributed by atoms with Crippen molar-refractivity contribution in [2.45, 2.75) is 0 Å². The Bertz CT molecular complexity index is 3780. The van der Waals surface area contributed by atoms with Crippen LogP contribution in [0.3, 0.4) is 0 Å². The molecule has 0 bridgehead atoms. The van der Waals surface area contributed by atoms with E-state index in [9.17, 15) is 19.2 Å². The van der Waals surface area contributed by atoms with Gasteiger partial charge >= 0.3 is 0 Å². The molecule has 0 aliphatic heterocycles. The maximum Gasteiger partial charge on any atom is 0.195 e. The minimum Gasteiger partial charge on any atom is -0.289 e. The molecule has 11 aromatic carbocycles. The van der Waals surface area contributed by atoms with Crippen molar-refractivity contribution in [3.63, 3.8) is 0 Å². The van der Waals surface area contributed by atoms with E-state index in [-0.39, 0.29) is 86.3 Å². The molecule has 0 radical (unpaired) electrons. The fourth-order valence-corrected chi connectivity index (χ4v) is 9.29. The van der Waals surface area contributed by atoms with E-state index >= 15 is 9.59 Å². The fourth-order valence-electron chi connectivity index (χ4n) is 9.04. The van der Waals surface area contributed by atoms with E-state index in [1.165, 1.54) is 0 Å². The average molecular weight is 790 g/mol. The van der Waals surface area contributed by atoms with Gasteiger partial charge in [0.15, 0.2) is 32.6 Å². The van der Waals surface area contributed by atoms with Crippen LogP contribution < -0.4 is 32.6 Å². The highest BCUT2D eigenvalue weighted by Crippen LogP contribution is 2.41. The standard InChI is InChI=1S/C50H22Cl2O6/c51-25-13-9-23(10-14-25)35-21-37-43(39-27(35)17-19-33-41(39)48(56)31-7-3-1-5-29(31)45(33)53)50(58)44-38(47(37)55)22-36(24-11-15-26(52)16-12-24)28-18-20-34-42(40(28)44)49(57)32-8-4-2-6-30(32)46(34)54/h1-22H. The molecule has 0 fully saturated rings. The first-order valence-electron chi connectivity index (χ1n) is 18.4. The largest absolute Gasteiger partial charge is 0.289 e. The van der Waals surface area contributed by atoms with Crippen molar-refractivity contribution in [1.82, 2.24) is 0 Å². The Morgan fingerprint density at radius 2 is 0.569 bits per heavy atom. The Morgan fingerprint density at radius 3 is 0.948 bits per heavy atom. The first-order valence-corrected chi connectivity index (χ1v) is 19.1.